The lowest BCUT2D eigenvalue weighted by Crippen LogP contribution is -2.40. The molecule has 0 bridgehead atoms. The first kappa shape index (κ1) is 12.5. The van der Waals surface area contributed by atoms with Crippen LogP contribution in [0.2, 0.25) is 0 Å². The summed E-state index contributed by atoms with van der Waals surface area (Å²) in [5, 5.41) is 0.709. The highest BCUT2D eigenvalue weighted by Gasteiger charge is 2.30. The van der Waals surface area contributed by atoms with Crippen molar-refractivity contribution in [2.45, 2.75) is 42.1 Å². The Bertz CT molecular complexity index is 398. The molecule has 1 aromatic carbocycles. The van der Waals surface area contributed by atoms with Crippen LogP contribution in [0.25, 0.3) is 0 Å². The third-order valence-electron chi connectivity index (χ3n) is 4.11. The Morgan fingerprint density at radius 1 is 1.39 bits per heavy atom. The van der Waals surface area contributed by atoms with E-state index < -0.39 is 0 Å². The number of thioether (sulfide) groups is 1. The molecular formula is C15H21NOS. The fourth-order valence-corrected chi connectivity index (χ4v) is 4.50. The van der Waals surface area contributed by atoms with E-state index in [4.69, 9.17) is 4.74 Å². The Hall–Kier alpha value is -0.510. The van der Waals surface area contributed by atoms with E-state index >= 15 is 0 Å². The topological polar surface area (TPSA) is 12.5 Å². The SMILES string of the molecule is CC1OCCC1N(C)CC1Cc2ccccc2S1. The number of benzene rings is 1. The number of ether oxygens (including phenoxy) is 1. The second kappa shape index (κ2) is 5.24. The molecule has 0 amide bonds. The summed E-state index contributed by atoms with van der Waals surface area (Å²) in [6.45, 7) is 4.29. The molecule has 2 heterocycles. The molecule has 18 heavy (non-hydrogen) atoms. The van der Waals surface area contributed by atoms with Crippen LogP contribution in [0.5, 0.6) is 0 Å². The Kier molecular flexibility index (Phi) is 3.64. The number of rotatable bonds is 3. The zero-order valence-electron chi connectivity index (χ0n) is 11.1. The lowest BCUT2D eigenvalue weighted by Gasteiger charge is -2.28. The molecule has 0 N–H and O–H groups in total. The second-order valence-corrected chi connectivity index (χ2v) is 6.77. The molecular weight excluding hydrogens is 242 g/mol. The first-order chi connectivity index (χ1) is 8.74. The summed E-state index contributed by atoms with van der Waals surface area (Å²) in [5.74, 6) is 0. The van der Waals surface area contributed by atoms with Crippen molar-refractivity contribution in [1.29, 1.82) is 0 Å². The lowest BCUT2D eigenvalue weighted by atomic mass is 10.1. The second-order valence-electron chi connectivity index (χ2n) is 5.42. The number of hydrogen-bond donors (Lipinski definition) is 0. The molecule has 0 spiro atoms. The van der Waals surface area contributed by atoms with Gasteiger partial charge in [-0.15, -0.1) is 11.8 Å². The molecule has 3 heteroatoms. The van der Waals surface area contributed by atoms with Gasteiger partial charge in [0.2, 0.25) is 0 Å². The monoisotopic (exact) mass is 263 g/mol. The van der Waals surface area contributed by atoms with Gasteiger partial charge < -0.3 is 4.74 Å². The molecule has 2 nitrogen and oxygen atoms in total. The van der Waals surface area contributed by atoms with Crippen LogP contribution in [0.15, 0.2) is 29.2 Å². The average Bonchev–Trinajstić information content (AvgIpc) is 2.94. The molecule has 1 saturated heterocycles. The van der Waals surface area contributed by atoms with Gasteiger partial charge in [0.15, 0.2) is 0 Å². The van der Waals surface area contributed by atoms with Crippen molar-refractivity contribution in [3.63, 3.8) is 0 Å². The molecule has 3 unspecified atom stereocenters. The molecule has 0 aliphatic carbocycles. The van der Waals surface area contributed by atoms with Crippen LogP contribution in [0.1, 0.15) is 18.9 Å². The minimum Gasteiger partial charge on any atom is -0.377 e. The molecule has 0 aromatic heterocycles. The van der Waals surface area contributed by atoms with Gasteiger partial charge in [-0.25, -0.2) is 0 Å². The number of nitrogens with zero attached hydrogens (tertiary/aromatic N) is 1. The summed E-state index contributed by atoms with van der Waals surface area (Å²) in [7, 11) is 2.25. The maximum absolute atomic E-state index is 5.66. The Morgan fingerprint density at radius 2 is 2.22 bits per heavy atom. The van der Waals surface area contributed by atoms with Crippen LogP contribution in [-0.2, 0) is 11.2 Å². The van der Waals surface area contributed by atoms with E-state index in [2.05, 4.69) is 43.1 Å². The first-order valence-corrected chi connectivity index (χ1v) is 7.68. The predicted molar refractivity (Wildman–Crippen MR) is 76.2 cm³/mol. The maximum atomic E-state index is 5.66. The molecule has 3 rings (SSSR count). The fourth-order valence-electron chi connectivity index (χ4n) is 3.11. The summed E-state index contributed by atoms with van der Waals surface area (Å²) in [6.07, 6.45) is 2.79. The molecule has 3 atom stereocenters. The van der Waals surface area contributed by atoms with Gasteiger partial charge in [0.1, 0.15) is 0 Å². The zero-order valence-corrected chi connectivity index (χ0v) is 12.0. The highest BCUT2D eigenvalue weighted by molar-refractivity contribution is 8.00. The van der Waals surface area contributed by atoms with Crippen molar-refractivity contribution in [3.05, 3.63) is 29.8 Å². The molecule has 98 valence electrons. The van der Waals surface area contributed by atoms with E-state index in [1.54, 1.807) is 0 Å². The van der Waals surface area contributed by atoms with E-state index in [9.17, 15) is 0 Å². The Labute approximate surface area is 114 Å². The minimum atomic E-state index is 0.392. The summed E-state index contributed by atoms with van der Waals surface area (Å²) in [4.78, 5) is 3.98. The standard InChI is InChI=1S/C15H21NOS/c1-11-14(7-8-17-11)16(2)10-13-9-12-5-3-4-6-15(12)18-13/h3-6,11,13-14H,7-10H2,1-2H3. The fraction of sp³-hybridized carbons (Fsp3) is 0.600. The average molecular weight is 263 g/mol. The number of likely N-dealkylation sites (N-methyl/N-ethyl adjacent to an activating group) is 1. The normalized spacial score (nSPS) is 30.9. The van der Waals surface area contributed by atoms with Crippen molar-refractivity contribution in [2.24, 2.45) is 0 Å². The summed E-state index contributed by atoms with van der Waals surface area (Å²) in [6, 6.07) is 9.42. The van der Waals surface area contributed by atoms with Gasteiger partial charge in [-0.3, -0.25) is 4.90 Å². The third kappa shape index (κ3) is 2.44. The van der Waals surface area contributed by atoms with Crippen molar-refractivity contribution in [2.75, 3.05) is 20.2 Å². The molecule has 2 aliphatic rings. The molecule has 2 aliphatic heterocycles. The van der Waals surface area contributed by atoms with Crippen molar-refractivity contribution >= 4 is 11.8 Å². The van der Waals surface area contributed by atoms with Gasteiger partial charge >= 0.3 is 0 Å². The van der Waals surface area contributed by atoms with Gasteiger partial charge in [-0.05, 0) is 38.4 Å². The number of fused-ring (bicyclic) bond motifs is 1. The van der Waals surface area contributed by atoms with E-state index in [0.29, 0.717) is 17.4 Å². The van der Waals surface area contributed by atoms with E-state index in [0.717, 1.165) is 13.2 Å². The van der Waals surface area contributed by atoms with Crippen LogP contribution >= 0.6 is 11.8 Å². The van der Waals surface area contributed by atoms with E-state index in [1.165, 1.54) is 23.3 Å². The summed E-state index contributed by atoms with van der Waals surface area (Å²) >= 11 is 2.04. The van der Waals surface area contributed by atoms with Crippen LogP contribution in [0.3, 0.4) is 0 Å². The Morgan fingerprint density at radius 3 is 2.94 bits per heavy atom. The molecule has 0 radical (unpaired) electrons. The highest BCUT2D eigenvalue weighted by Crippen LogP contribution is 2.37. The quantitative estimate of drug-likeness (QED) is 0.832. The summed E-state index contributed by atoms with van der Waals surface area (Å²) < 4.78 is 5.66. The highest BCUT2D eigenvalue weighted by atomic mass is 32.2. The number of hydrogen-bond acceptors (Lipinski definition) is 3. The smallest absolute Gasteiger partial charge is 0.0702 e. The maximum Gasteiger partial charge on any atom is 0.0702 e. The van der Waals surface area contributed by atoms with Crippen molar-refractivity contribution in [1.82, 2.24) is 4.90 Å². The van der Waals surface area contributed by atoms with Gasteiger partial charge in [0.25, 0.3) is 0 Å². The van der Waals surface area contributed by atoms with E-state index in [-0.39, 0.29) is 0 Å². The van der Waals surface area contributed by atoms with Crippen LogP contribution < -0.4 is 0 Å². The van der Waals surface area contributed by atoms with Gasteiger partial charge in [0, 0.05) is 29.3 Å². The minimum absolute atomic E-state index is 0.392. The van der Waals surface area contributed by atoms with Crippen LogP contribution in [0, 0.1) is 0 Å². The lowest BCUT2D eigenvalue weighted by molar-refractivity contribution is 0.0839. The molecule has 0 saturated carbocycles. The van der Waals surface area contributed by atoms with Crippen LogP contribution in [-0.4, -0.2) is 42.5 Å². The zero-order chi connectivity index (χ0) is 12.5. The van der Waals surface area contributed by atoms with Crippen molar-refractivity contribution in [3.8, 4) is 0 Å². The molecule has 1 aromatic rings. The summed E-state index contributed by atoms with van der Waals surface area (Å²) in [5.41, 5.74) is 1.52. The van der Waals surface area contributed by atoms with Crippen LogP contribution in [0.4, 0.5) is 0 Å². The molecule has 1 fully saturated rings. The first-order valence-electron chi connectivity index (χ1n) is 6.80. The van der Waals surface area contributed by atoms with Gasteiger partial charge in [-0.2, -0.15) is 0 Å². The van der Waals surface area contributed by atoms with Crippen molar-refractivity contribution < 1.29 is 4.74 Å². The largest absolute Gasteiger partial charge is 0.377 e. The van der Waals surface area contributed by atoms with E-state index in [1.807, 2.05) is 11.8 Å². The third-order valence-corrected chi connectivity index (χ3v) is 5.41. The van der Waals surface area contributed by atoms with Gasteiger partial charge in [-0.1, -0.05) is 18.2 Å². The van der Waals surface area contributed by atoms with Gasteiger partial charge in [0.05, 0.1) is 6.10 Å². The predicted octanol–water partition coefficient (Wildman–Crippen LogP) is 2.81. The Balaban J connectivity index is 1.59.